The monoisotopic (exact) mass is 242 g/mol. The Bertz CT molecular complexity index is 563. The van der Waals surface area contributed by atoms with Crippen molar-refractivity contribution in [2.45, 2.75) is 6.04 Å². The number of nitrogens with zero attached hydrogens (tertiary/aromatic N) is 1. The first-order valence-corrected chi connectivity index (χ1v) is 5.87. The van der Waals surface area contributed by atoms with Gasteiger partial charge in [0.25, 0.3) is 0 Å². The van der Waals surface area contributed by atoms with Gasteiger partial charge in [0, 0.05) is 0 Å². The quantitative estimate of drug-likeness (QED) is 0.799. The predicted molar refractivity (Wildman–Crippen MR) is 72.2 cm³/mol. The van der Waals surface area contributed by atoms with Gasteiger partial charge in [0.1, 0.15) is 11.2 Å². The molecule has 2 aromatic rings. The van der Waals surface area contributed by atoms with Crippen molar-refractivity contribution in [3.63, 3.8) is 0 Å². The number of hydrogen-bond donors (Lipinski definition) is 1. The molecule has 0 bridgehead atoms. The largest absolute Gasteiger partial charge is 0.370 e. The van der Waals surface area contributed by atoms with E-state index >= 15 is 0 Å². The van der Waals surface area contributed by atoms with Gasteiger partial charge >= 0.3 is 0 Å². The van der Waals surface area contributed by atoms with Crippen LogP contribution in [0.5, 0.6) is 0 Å². The summed E-state index contributed by atoms with van der Waals surface area (Å²) in [6, 6.07) is 17.9. The van der Waals surface area contributed by atoms with E-state index in [4.69, 9.17) is 11.6 Å². The van der Waals surface area contributed by atoms with Crippen molar-refractivity contribution in [2.75, 3.05) is 5.32 Å². The highest BCUT2D eigenvalue weighted by Gasteiger charge is 2.21. The Morgan fingerprint density at radius 3 is 2.47 bits per heavy atom. The summed E-state index contributed by atoms with van der Waals surface area (Å²) in [4.78, 5) is 4.42. The van der Waals surface area contributed by atoms with E-state index in [-0.39, 0.29) is 6.04 Å². The summed E-state index contributed by atoms with van der Waals surface area (Å²) < 4.78 is 0. The number of fused-ring (bicyclic) bond motifs is 1. The van der Waals surface area contributed by atoms with Gasteiger partial charge in [0.2, 0.25) is 0 Å². The van der Waals surface area contributed by atoms with Gasteiger partial charge in [-0.25, -0.2) is 4.99 Å². The number of aliphatic imine (C=N–C) groups is 1. The fourth-order valence-electron chi connectivity index (χ4n) is 1.95. The van der Waals surface area contributed by atoms with Crippen LogP contribution in [0.15, 0.2) is 59.6 Å². The number of hydrogen-bond acceptors (Lipinski definition) is 2. The van der Waals surface area contributed by atoms with E-state index in [9.17, 15) is 0 Å². The molecule has 0 radical (unpaired) electrons. The summed E-state index contributed by atoms with van der Waals surface area (Å²) in [7, 11) is 0. The minimum absolute atomic E-state index is 0.0484. The lowest BCUT2D eigenvalue weighted by Crippen LogP contribution is -2.19. The predicted octanol–water partition coefficient (Wildman–Crippen LogP) is 4.12. The van der Waals surface area contributed by atoms with E-state index in [1.807, 2.05) is 54.6 Å². The molecule has 2 nitrogen and oxygen atoms in total. The molecule has 0 amide bonds. The Kier molecular flexibility index (Phi) is 2.57. The summed E-state index contributed by atoms with van der Waals surface area (Å²) in [6.45, 7) is 0. The van der Waals surface area contributed by atoms with Crippen LogP contribution in [0.1, 0.15) is 11.6 Å². The smallest absolute Gasteiger partial charge is 0.133 e. The Morgan fingerprint density at radius 1 is 0.941 bits per heavy atom. The summed E-state index contributed by atoms with van der Waals surface area (Å²) >= 11 is 6.23. The lowest BCUT2D eigenvalue weighted by Gasteiger charge is -2.24. The molecule has 1 heterocycles. The number of para-hydroxylation sites is 2. The second-order valence-corrected chi connectivity index (χ2v) is 4.33. The van der Waals surface area contributed by atoms with Gasteiger partial charge in [0.15, 0.2) is 0 Å². The first-order valence-electron chi connectivity index (χ1n) is 5.49. The molecule has 0 saturated carbocycles. The van der Waals surface area contributed by atoms with Crippen LogP contribution in [0.3, 0.4) is 0 Å². The fraction of sp³-hybridized carbons (Fsp3) is 0.0714. The third-order valence-electron chi connectivity index (χ3n) is 2.80. The summed E-state index contributed by atoms with van der Waals surface area (Å²) in [5.74, 6) is 0. The van der Waals surface area contributed by atoms with Gasteiger partial charge in [-0.2, -0.15) is 0 Å². The zero-order valence-electron chi connectivity index (χ0n) is 9.10. The Morgan fingerprint density at radius 2 is 1.65 bits per heavy atom. The Labute approximate surface area is 105 Å². The van der Waals surface area contributed by atoms with E-state index < -0.39 is 0 Å². The molecule has 1 aliphatic rings. The molecular weight excluding hydrogens is 232 g/mol. The summed E-state index contributed by atoms with van der Waals surface area (Å²) in [6.07, 6.45) is 0. The van der Waals surface area contributed by atoms with Crippen LogP contribution in [0.25, 0.3) is 0 Å². The Hall–Kier alpha value is -1.80. The number of nitrogens with one attached hydrogen (secondary N) is 1. The average molecular weight is 243 g/mol. The average Bonchev–Trinajstić information content (AvgIpc) is 2.39. The molecule has 84 valence electrons. The molecule has 0 aliphatic carbocycles. The van der Waals surface area contributed by atoms with E-state index in [1.54, 1.807) is 0 Å². The van der Waals surface area contributed by atoms with Crippen molar-refractivity contribution in [1.82, 2.24) is 0 Å². The summed E-state index contributed by atoms with van der Waals surface area (Å²) in [5, 5.41) is 3.98. The van der Waals surface area contributed by atoms with Crippen molar-refractivity contribution in [1.29, 1.82) is 0 Å². The van der Waals surface area contributed by atoms with Gasteiger partial charge in [-0.1, -0.05) is 54.1 Å². The number of anilines is 1. The highest BCUT2D eigenvalue weighted by Crippen LogP contribution is 2.35. The maximum atomic E-state index is 6.23. The van der Waals surface area contributed by atoms with Crippen LogP contribution in [0.2, 0.25) is 0 Å². The molecule has 3 rings (SSSR count). The second-order valence-electron chi connectivity index (χ2n) is 3.94. The maximum absolute atomic E-state index is 6.23. The van der Waals surface area contributed by atoms with Crippen LogP contribution < -0.4 is 5.32 Å². The molecule has 0 aromatic heterocycles. The highest BCUT2D eigenvalue weighted by atomic mass is 35.5. The van der Waals surface area contributed by atoms with Crippen molar-refractivity contribution in [3.05, 3.63) is 60.2 Å². The number of benzene rings is 2. The number of rotatable bonds is 1. The van der Waals surface area contributed by atoms with Gasteiger partial charge in [-0.15, -0.1) is 0 Å². The van der Waals surface area contributed by atoms with Crippen molar-refractivity contribution >= 4 is 28.1 Å². The van der Waals surface area contributed by atoms with Crippen molar-refractivity contribution < 1.29 is 0 Å². The van der Waals surface area contributed by atoms with Gasteiger partial charge in [-0.3, -0.25) is 0 Å². The van der Waals surface area contributed by atoms with Crippen LogP contribution in [0, 0.1) is 0 Å². The second kappa shape index (κ2) is 4.22. The fourth-order valence-corrected chi connectivity index (χ4v) is 2.23. The zero-order valence-corrected chi connectivity index (χ0v) is 9.85. The maximum Gasteiger partial charge on any atom is 0.133 e. The molecule has 1 atom stereocenters. The minimum Gasteiger partial charge on any atom is -0.370 e. The molecule has 1 aliphatic heterocycles. The molecule has 3 heteroatoms. The molecular formula is C14H11ClN2. The molecule has 1 N–H and O–H groups in total. The molecule has 0 spiro atoms. The lowest BCUT2D eigenvalue weighted by molar-refractivity contribution is 1.03. The molecule has 0 saturated heterocycles. The zero-order chi connectivity index (χ0) is 11.7. The molecule has 1 unspecified atom stereocenters. The third kappa shape index (κ3) is 1.92. The number of halogens is 1. The minimum atomic E-state index is -0.0484. The van der Waals surface area contributed by atoms with E-state index in [0.717, 1.165) is 16.9 Å². The molecule has 17 heavy (non-hydrogen) atoms. The lowest BCUT2D eigenvalue weighted by atomic mass is 10.1. The van der Waals surface area contributed by atoms with E-state index in [1.165, 1.54) is 0 Å². The highest BCUT2D eigenvalue weighted by molar-refractivity contribution is 6.67. The van der Waals surface area contributed by atoms with E-state index in [2.05, 4.69) is 10.3 Å². The first kappa shape index (κ1) is 10.4. The van der Waals surface area contributed by atoms with Gasteiger partial charge in [0.05, 0.1) is 11.4 Å². The molecule has 0 fully saturated rings. The Balaban J connectivity index is 2.02. The summed E-state index contributed by atoms with van der Waals surface area (Å²) in [5.41, 5.74) is 3.03. The van der Waals surface area contributed by atoms with Crippen molar-refractivity contribution in [2.24, 2.45) is 4.99 Å². The van der Waals surface area contributed by atoms with Crippen LogP contribution in [-0.4, -0.2) is 5.17 Å². The van der Waals surface area contributed by atoms with Crippen LogP contribution >= 0.6 is 11.6 Å². The topological polar surface area (TPSA) is 24.4 Å². The van der Waals surface area contributed by atoms with Crippen LogP contribution in [0.4, 0.5) is 11.4 Å². The van der Waals surface area contributed by atoms with Gasteiger partial charge in [-0.05, 0) is 17.7 Å². The van der Waals surface area contributed by atoms with Crippen LogP contribution in [-0.2, 0) is 0 Å². The first-order chi connectivity index (χ1) is 8.34. The third-order valence-corrected chi connectivity index (χ3v) is 3.10. The standard InChI is InChI=1S/C14H11ClN2/c15-14-13(10-6-2-1-3-7-10)16-11-8-4-5-9-12(11)17-14/h1-9,13,16H. The van der Waals surface area contributed by atoms with E-state index in [0.29, 0.717) is 5.17 Å². The molecule has 2 aromatic carbocycles. The van der Waals surface area contributed by atoms with Crippen molar-refractivity contribution in [3.8, 4) is 0 Å². The van der Waals surface area contributed by atoms with Gasteiger partial charge < -0.3 is 5.32 Å². The normalized spacial score (nSPS) is 17.9. The SMILES string of the molecule is ClC1=Nc2ccccc2NC1c1ccccc1.